The molecule has 0 aliphatic carbocycles. The molecule has 13 heteroatoms. The zero-order valence-corrected chi connectivity index (χ0v) is 23.5. The molecule has 1 aliphatic heterocycles. The molecular formula is C27H19F4IN2O5S. The molecule has 40 heavy (non-hydrogen) atoms. The van der Waals surface area contributed by atoms with E-state index in [9.17, 15) is 31.9 Å². The van der Waals surface area contributed by atoms with Gasteiger partial charge in [0.25, 0.3) is 11.1 Å². The van der Waals surface area contributed by atoms with E-state index in [4.69, 9.17) is 9.47 Å². The molecule has 3 aromatic rings. The number of hydrogen-bond donors (Lipinski definition) is 1. The zero-order chi connectivity index (χ0) is 29.0. The van der Waals surface area contributed by atoms with Crippen LogP contribution in [0.4, 0.5) is 28.0 Å². The fourth-order valence-electron chi connectivity index (χ4n) is 3.60. The van der Waals surface area contributed by atoms with Crippen molar-refractivity contribution in [3.63, 3.8) is 0 Å². The first kappa shape index (κ1) is 29.4. The van der Waals surface area contributed by atoms with Gasteiger partial charge in [-0.2, -0.15) is 13.2 Å². The van der Waals surface area contributed by atoms with E-state index in [0.29, 0.717) is 37.3 Å². The summed E-state index contributed by atoms with van der Waals surface area (Å²) < 4.78 is 63.9. The smallest absolute Gasteiger partial charge is 0.416 e. The van der Waals surface area contributed by atoms with Crippen molar-refractivity contribution in [3.05, 3.63) is 91.6 Å². The van der Waals surface area contributed by atoms with Crippen LogP contribution < -0.4 is 14.8 Å². The molecule has 1 heterocycles. The molecule has 1 fully saturated rings. The Hall–Kier alpha value is -3.59. The van der Waals surface area contributed by atoms with Crippen LogP contribution in [0.2, 0.25) is 0 Å². The SMILES string of the molecule is COc1cc(/C=C2\SC(=O)N(CC(=O)Nc3cccc(C(F)(F)F)c3)C2=O)cc(I)c1OCc1ccc(F)cc1. The summed E-state index contributed by atoms with van der Waals surface area (Å²) >= 11 is 2.66. The number of carbonyl (C=O) groups excluding carboxylic acids is 3. The second-order valence-corrected chi connectivity index (χ2v) is 10.5. The molecule has 0 spiro atoms. The molecule has 0 saturated carbocycles. The largest absolute Gasteiger partial charge is 0.493 e. The van der Waals surface area contributed by atoms with E-state index in [2.05, 4.69) is 5.32 Å². The number of imide groups is 1. The van der Waals surface area contributed by atoms with E-state index >= 15 is 0 Å². The minimum Gasteiger partial charge on any atom is -0.493 e. The fraction of sp³-hybridized carbons (Fsp3) is 0.148. The Labute approximate surface area is 243 Å². The number of benzene rings is 3. The van der Waals surface area contributed by atoms with Crippen LogP contribution in [0, 0.1) is 9.39 Å². The third kappa shape index (κ3) is 7.13. The van der Waals surface area contributed by atoms with E-state index in [1.807, 2.05) is 22.6 Å². The van der Waals surface area contributed by atoms with Gasteiger partial charge in [-0.05, 0) is 94.0 Å². The number of ether oxygens (including phenoxy) is 2. The lowest BCUT2D eigenvalue weighted by Crippen LogP contribution is -2.36. The zero-order valence-electron chi connectivity index (χ0n) is 20.6. The molecule has 0 bridgehead atoms. The van der Waals surface area contributed by atoms with Crippen molar-refractivity contribution in [3.8, 4) is 11.5 Å². The summed E-state index contributed by atoms with van der Waals surface area (Å²) in [5.74, 6) is -1.12. The van der Waals surface area contributed by atoms with Crippen LogP contribution in [0.5, 0.6) is 11.5 Å². The molecule has 1 saturated heterocycles. The van der Waals surface area contributed by atoms with Crippen molar-refractivity contribution in [1.82, 2.24) is 4.90 Å². The van der Waals surface area contributed by atoms with Crippen molar-refractivity contribution >= 4 is 63.2 Å². The first-order chi connectivity index (χ1) is 18.9. The van der Waals surface area contributed by atoms with Crippen LogP contribution in [-0.2, 0) is 22.4 Å². The van der Waals surface area contributed by atoms with Crippen LogP contribution in [0.15, 0.2) is 65.6 Å². The fourth-order valence-corrected chi connectivity index (χ4v) is 5.22. The third-order valence-corrected chi connectivity index (χ3v) is 7.20. The molecular weight excluding hydrogens is 667 g/mol. The van der Waals surface area contributed by atoms with Gasteiger partial charge in [0.2, 0.25) is 5.91 Å². The predicted octanol–water partition coefficient (Wildman–Crippen LogP) is 6.71. The van der Waals surface area contributed by atoms with Gasteiger partial charge >= 0.3 is 6.18 Å². The first-order valence-corrected chi connectivity index (χ1v) is 13.3. The molecule has 0 aromatic heterocycles. The highest BCUT2D eigenvalue weighted by Gasteiger charge is 2.36. The Morgan fingerprint density at radius 1 is 1.10 bits per heavy atom. The number of anilines is 1. The van der Waals surface area contributed by atoms with Crippen LogP contribution in [-0.4, -0.2) is 35.6 Å². The monoisotopic (exact) mass is 686 g/mol. The second kappa shape index (κ2) is 12.3. The summed E-state index contributed by atoms with van der Waals surface area (Å²) in [5, 5.41) is 1.58. The van der Waals surface area contributed by atoms with Crippen LogP contribution >= 0.6 is 34.4 Å². The van der Waals surface area contributed by atoms with Gasteiger partial charge in [-0.25, -0.2) is 4.39 Å². The van der Waals surface area contributed by atoms with E-state index in [1.54, 1.807) is 24.3 Å². The van der Waals surface area contributed by atoms with E-state index < -0.39 is 35.3 Å². The summed E-state index contributed by atoms with van der Waals surface area (Å²) in [6.45, 7) is -0.511. The standard InChI is InChI=1S/C27H19F4IN2O5S/c1-38-21-10-16(9-20(32)24(21)39-14-15-5-7-18(28)8-6-15)11-22-25(36)34(26(37)40-22)13-23(35)33-19-4-2-3-17(12-19)27(29,30)31/h2-12H,13-14H2,1H3,(H,33,35)/b22-11-. The Kier molecular flexibility index (Phi) is 9.03. The van der Waals surface area contributed by atoms with E-state index in [-0.39, 0.29) is 23.0 Å². The van der Waals surface area contributed by atoms with Gasteiger partial charge in [0.05, 0.1) is 21.1 Å². The maximum atomic E-state index is 13.1. The minimum atomic E-state index is -4.59. The van der Waals surface area contributed by atoms with Gasteiger partial charge in [-0.1, -0.05) is 18.2 Å². The number of alkyl halides is 3. The predicted molar refractivity (Wildman–Crippen MR) is 149 cm³/mol. The minimum absolute atomic E-state index is 0.0507. The Balaban J connectivity index is 1.45. The van der Waals surface area contributed by atoms with E-state index in [0.717, 1.165) is 23.8 Å². The van der Waals surface area contributed by atoms with Gasteiger partial charge in [0.1, 0.15) is 19.0 Å². The molecule has 7 nitrogen and oxygen atoms in total. The lowest BCUT2D eigenvalue weighted by molar-refractivity contribution is -0.137. The number of carbonyl (C=O) groups is 3. The molecule has 1 N–H and O–H groups in total. The number of methoxy groups -OCH3 is 1. The number of rotatable bonds is 8. The summed E-state index contributed by atoms with van der Waals surface area (Å²) in [6, 6.07) is 13.2. The van der Waals surface area contributed by atoms with Crippen molar-refractivity contribution in [2.24, 2.45) is 0 Å². The lowest BCUT2D eigenvalue weighted by atomic mass is 10.1. The number of halogens is 5. The highest BCUT2D eigenvalue weighted by molar-refractivity contribution is 14.1. The summed E-state index contributed by atoms with van der Waals surface area (Å²) in [4.78, 5) is 38.5. The quantitative estimate of drug-likeness (QED) is 0.161. The van der Waals surface area contributed by atoms with Crippen LogP contribution in [0.25, 0.3) is 6.08 Å². The Morgan fingerprint density at radius 3 is 2.50 bits per heavy atom. The topological polar surface area (TPSA) is 84.9 Å². The van der Waals surface area contributed by atoms with Crippen molar-refractivity contribution in [2.45, 2.75) is 12.8 Å². The molecule has 1 aliphatic rings. The number of nitrogens with one attached hydrogen (secondary N) is 1. The highest BCUT2D eigenvalue weighted by Crippen LogP contribution is 2.38. The third-order valence-electron chi connectivity index (χ3n) is 5.49. The van der Waals surface area contributed by atoms with Gasteiger partial charge in [-0.15, -0.1) is 0 Å². The highest BCUT2D eigenvalue weighted by atomic mass is 127. The second-order valence-electron chi connectivity index (χ2n) is 8.34. The average Bonchev–Trinajstić information content (AvgIpc) is 3.15. The number of nitrogens with zero attached hydrogens (tertiary/aromatic N) is 1. The Bertz CT molecular complexity index is 1500. The van der Waals surface area contributed by atoms with Crippen LogP contribution in [0.3, 0.4) is 0 Å². The molecule has 0 radical (unpaired) electrons. The van der Waals surface area contributed by atoms with Crippen molar-refractivity contribution in [2.75, 3.05) is 19.0 Å². The summed E-state index contributed by atoms with van der Waals surface area (Å²) in [7, 11) is 1.44. The van der Waals surface area contributed by atoms with Gasteiger partial charge < -0.3 is 14.8 Å². The molecule has 3 amide bonds. The van der Waals surface area contributed by atoms with E-state index in [1.165, 1.54) is 31.4 Å². The average molecular weight is 686 g/mol. The first-order valence-electron chi connectivity index (χ1n) is 11.4. The van der Waals surface area contributed by atoms with Gasteiger partial charge in [0.15, 0.2) is 11.5 Å². The molecule has 0 atom stereocenters. The summed E-state index contributed by atoms with van der Waals surface area (Å²) in [6.07, 6.45) is -3.13. The molecule has 208 valence electrons. The Morgan fingerprint density at radius 2 is 1.82 bits per heavy atom. The molecule has 3 aromatic carbocycles. The maximum absolute atomic E-state index is 13.1. The van der Waals surface area contributed by atoms with Gasteiger partial charge in [0, 0.05) is 5.69 Å². The lowest BCUT2D eigenvalue weighted by Gasteiger charge is -2.14. The number of thioether (sulfide) groups is 1. The normalized spacial score (nSPS) is 14.6. The van der Waals surface area contributed by atoms with Crippen molar-refractivity contribution in [1.29, 1.82) is 0 Å². The van der Waals surface area contributed by atoms with Crippen LogP contribution in [0.1, 0.15) is 16.7 Å². The maximum Gasteiger partial charge on any atom is 0.416 e. The van der Waals surface area contributed by atoms with Crippen molar-refractivity contribution < 1.29 is 41.4 Å². The number of hydrogen-bond acceptors (Lipinski definition) is 6. The molecule has 0 unspecified atom stereocenters. The summed E-state index contributed by atoms with van der Waals surface area (Å²) in [5.41, 5.74) is 0.200. The number of amides is 3. The van der Waals surface area contributed by atoms with Gasteiger partial charge in [-0.3, -0.25) is 19.3 Å². The molecule has 4 rings (SSSR count).